The maximum absolute atomic E-state index is 12.9. The standard InChI is InChI=1S/C22H32N2O3/c1-4-12-24-16-19-15-23(14-18-7-9-20(26-3)10-8-18)13-6-11-22(19,17-24)21(25)27-5-2/h4,7-10,19H,1,5-6,11-17H2,2-3H3/t19-,22-/m0/s1. The van der Waals surface area contributed by atoms with Gasteiger partial charge >= 0.3 is 5.97 Å². The molecular weight excluding hydrogens is 340 g/mol. The summed E-state index contributed by atoms with van der Waals surface area (Å²) in [7, 11) is 1.69. The van der Waals surface area contributed by atoms with Gasteiger partial charge in [0.15, 0.2) is 0 Å². The zero-order valence-corrected chi connectivity index (χ0v) is 16.7. The van der Waals surface area contributed by atoms with E-state index >= 15 is 0 Å². The second-order valence-corrected chi connectivity index (χ2v) is 7.74. The van der Waals surface area contributed by atoms with Gasteiger partial charge in [0.05, 0.1) is 19.1 Å². The molecule has 2 fully saturated rings. The molecule has 2 heterocycles. The van der Waals surface area contributed by atoms with E-state index in [0.717, 1.165) is 57.9 Å². The van der Waals surface area contributed by atoms with Gasteiger partial charge in [-0.05, 0) is 44.0 Å². The number of carbonyl (C=O) groups is 1. The number of hydrogen-bond donors (Lipinski definition) is 0. The van der Waals surface area contributed by atoms with Crippen LogP contribution in [0.2, 0.25) is 0 Å². The van der Waals surface area contributed by atoms with Crippen LogP contribution in [0.3, 0.4) is 0 Å². The van der Waals surface area contributed by atoms with Crippen LogP contribution in [0.1, 0.15) is 25.3 Å². The second kappa shape index (κ2) is 8.89. The molecule has 2 saturated heterocycles. The third kappa shape index (κ3) is 4.36. The molecule has 148 valence electrons. The van der Waals surface area contributed by atoms with Crippen molar-refractivity contribution in [2.24, 2.45) is 11.3 Å². The van der Waals surface area contributed by atoms with Crippen molar-refractivity contribution in [3.8, 4) is 5.75 Å². The Hall–Kier alpha value is -1.85. The van der Waals surface area contributed by atoms with Crippen molar-refractivity contribution in [2.45, 2.75) is 26.3 Å². The van der Waals surface area contributed by atoms with E-state index < -0.39 is 0 Å². The molecule has 1 aromatic carbocycles. The maximum atomic E-state index is 12.9. The quantitative estimate of drug-likeness (QED) is 0.544. The summed E-state index contributed by atoms with van der Waals surface area (Å²) in [6.45, 7) is 11.6. The van der Waals surface area contributed by atoms with Crippen molar-refractivity contribution in [3.05, 3.63) is 42.5 Å². The lowest BCUT2D eigenvalue weighted by atomic mass is 9.75. The van der Waals surface area contributed by atoms with Crippen LogP contribution in [0.4, 0.5) is 0 Å². The molecule has 0 spiro atoms. The molecule has 0 bridgehead atoms. The van der Waals surface area contributed by atoms with E-state index in [0.29, 0.717) is 12.5 Å². The van der Waals surface area contributed by atoms with Crippen LogP contribution < -0.4 is 4.74 Å². The molecule has 1 aromatic rings. The largest absolute Gasteiger partial charge is 0.497 e. The third-order valence-corrected chi connectivity index (χ3v) is 5.98. The smallest absolute Gasteiger partial charge is 0.313 e. The summed E-state index contributed by atoms with van der Waals surface area (Å²) in [4.78, 5) is 17.8. The van der Waals surface area contributed by atoms with Gasteiger partial charge in [-0.1, -0.05) is 18.2 Å². The summed E-state index contributed by atoms with van der Waals surface area (Å²) in [5.41, 5.74) is 0.911. The van der Waals surface area contributed by atoms with E-state index in [1.807, 2.05) is 25.1 Å². The van der Waals surface area contributed by atoms with Crippen molar-refractivity contribution < 1.29 is 14.3 Å². The Labute approximate surface area is 162 Å². The van der Waals surface area contributed by atoms with Crippen LogP contribution in [0, 0.1) is 11.3 Å². The van der Waals surface area contributed by atoms with E-state index in [1.165, 1.54) is 5.56 Å². The van der Waals surface area contributed by atoms with Gasteiger partial charge in [0, 0.05) is 38.6 Å². The molecule has 2 aliphatic heterocycles. The Balaban J connectivity index is 1.74. The topological polar surface area (TPSA) is 42.0 Å². The lowest BCUT2D eigenvalue weighted by Crippen LogP contribution is -2.42. The molecule has 0 unspecified atom stereocenters. The van der Waals surface area contributed by atoms with Gasteiger partial charge < -0.3 is 9.47 Å². The Bertz CT molecular complexity index is 645. The van der Waals surface area contributed by atoms with Crippen LogP contribution in [-0.2, 0) is 16.1 Å². The Morgan fingerprint density at radius 1 is 1.30 bits per heavy atom. The van der Waals surface area contributed by atoms with Gasteiger partial charge in [0.25, 0.3) is 0 Å². The lowest BCUT2D eigenvalue weighted by molar-refractivity contribution is -0.157. The predicted molar refractivity (Wildman–Crippen MR) is 107 cm³/mol. The third-order valence-electron chi connectivity index (χ3n) is 5.98. The first-order chi connectivity index (χ1) is 13.1. The van der Waals surface area contributed by atoms with Crippen molar-refractivity contribution in [1.29, 1.82) is 0 Å². The van der Waals surface area contributed by atoms with Crippen LogP contribution in [0.5, 0.6) is 5.75 Å². The minimum absolute atomic E-state index is 0.00661. The highest BCUT2D eigenvalue weighted by Gasteiger charge is 2.53. The summed E-state index contributed by atoms with van der Waals surface area (Å²) >= 11 is 0. The average molecular weight is 373 g/mol. The number of benzene rings is 1. The molecule has 0 saturated carbocycles. The summed E-state index contributed by atoms with van der Waals surface area (Å²) in [6, 6.07) is 8.27. The molecule has 2 aliphatic rings. The molecular formula is C22H32N2O3. The van der Waals surface area contributed by atoms with Crippen molar-refractivity contribution in [3.63, 3.8) is 0 Å². The van der Waals surface area contributed by atoms with Crippen LogP contribution in [0.25, 0.3) is 0 Å². The van der Waals surface area contributed by atoms with E-state index in [1.54, 1.807) is 7.11 Å². The number of hydrogen-bond acceptors (Lipinski definition) is 5. The fourth-order valence-electron chi connectivity index (χ4n) is 4.68. The number of likely N-dealkylation sites (tertiary alicyclic amines) is 2. The Morgan fingerprint density at radius 2 is 2.04 bits per heavy atom. The maximum Gasteiger partial charge on any atom is 0.313 e. The van der Waals surface area contributed by atoms with E-state index in [-0.39, 0.29) is 11.4 Å². The fourth-order valence-corrected chi connectivity index (χ4v) is 4.68. The SMILES string of the molecule is C=CCN1C[C@@H]2CN(Cc3ccc(OC)cc3)CCC[C@]2(C(=O)OCC)C1. The number of nitrogens with zero attached hydrogens (tertiary/aromatic N) is 2. The number of esters is 1. The minimum atomic E-state index is -0.367. The average Bonchev–Trinajstić information content (AvgIpc) is 2.91. The molecule has 5 nitrogen and oxygen atoms in total. The van der Waals surface area contributed by atoms with Gasteiger partial charge in [-0.15, -0.1) is 6.58 Å². The minimum Gasteiger partial charge on any atom is -0.497 e. The van der Waals surface area contributed by atoms with Crippen LogP contribution in [-0.4, -0.2) is 62.2 Å². The van der Waals surface area contributed by atoms with Crippen molar-refractivity contribution in [1.82, 2.24) is 9.80 Å². The van der Waals surface area contributed by atoms with E-state index in [2.05, 4.69) is 28.5 Å². The molecule has 2 atom stereocenters. The molecule has 0 aromatic heterocycles. The Kier molecular flexibility index (Phi) is 6.55. The normalized spacial score (nSPS) is 26.2. The lowest BCUT2D eigenvalue weighted by Gasteiger charge is -2.31. The number of rotatable bonds is 7. The van der Waals surface area contributed by atoms with Crippen molar-refractivity contribution >= 4 is 5.97 Å². The molecule has 0 N–H and O–H groups in total. The van der Waals surface area contributed by atoms with Crippen LogP contribution in [0.15, 0.2) is 36.9 Å². The first kappa shape index (κ1) is 19.9. The molecule has 0 amide bonds. The molecule has 0 aliphatic carbocycles. The van der Waals surface area contributed by atoms with Gasteiger partial charge in [0.2, 0.25) is 0 Å². The first-order valence-corrected chi connectivity index (χ1v) is 9.97. The second-order valence-electron chi connectivity index (χ2n) is 7.74. The van der Waals surface area contributed by atoms with Gasteiger partial charge in [-0.3, -0.25) is 14.6 Å². The summed E-state index contributed by atoms with van der Waals surface area (Å²) < 4.78 is 10.8. The van der Waals surface area contributed by atoms with E-state index in [9.17, 15) is 4.79 Å². The summed E-state index contributed by atoms with van der Waals surface area (Å²) in [6.07, 6.45) is 3.86. The monoisotopic (exact) mass is 372 g/mol. The predicted octanol–water partition coefficient (Wildman–Crippen LogP) is 2.96. The fraction of sp³-hybridized carbons (Fsp3) is 0.591. The zero-order valence-electron chi connectivity index (χ0n) is 16.7. The number of carbonyl (C=O) groups excluding carboxylic acids is 1. The van der Waals surface area contributed by atoms with Crippen LogP contribution >= 0.6 is 0 Å². The van der Waals surface area contributed by atoms with Gasteiger partial charge in [0.1, 0.15) is 5.75 Å². The zero-order chi connectivity index (χ0) is 19.3. The highest BCUT2D eigenvalue weighted by molar-refractivity contribution is 5.78. The van der Waals surface area contributed by atoms with Crippen molar-refractivity contribution in [2.75, 3.05) is 46.4 Å². The molecule has 5 heteroatoms. The van der Waals surface area contributed by atoms with E-state index in [4.69, 9.17) is 9.47 Å². The van der Waals surface area contributed by atoms with Gasteiger partial charge in [-0.25, -0.2) is 0 Å². The number of methoxy groups -OCH3 is 1. The highest BCUT2D eigenvalue weighted by Crippen LogP contribution is 2.43. The number of fused-ring (bicyclic) bond motifs is 1. The Morgan fingerprint density at radius 3 is 2.70 bits per heavy atom. The first-order valence-electron chi connectivity index (χ1n) is 9.97. The summed E-state index contributed by atoms with van der Waals surface area (Å²) in [5, 5.41) is 0. The number of ether oxygens (including phenoxy) is 2. The molecule has 3 rings (SSSR count). The molecule has 27 heavy (non-hydrogen) atoms. The van der Waals surface area contributed by atoms with Gasteiger partial charge in [-0.2, -0.15) is 0 Å². The highest BCUT2D eigenvalue weighted by atomic mass is 16.5. The molecule has 0 radical (unpaired) electrons. The summed E-state index contributed by atoms with van der Waals surface area (Å²) in [5.74, 6) is 1.18.